The third-order valence-corrected chi connectivity index (χ3v) is 7.96. The highest BCUT2D eigenvalue weighted by Gasteiger charge is 2.33. The number of hydrogen-bond acceptors (Lipinski definition) is 5. The number of carbonyl (C=O) groups excluding carboxylic acids is 2. The Bertz CT molecular complexity index is 1080. The van der Waals surface area contributed by atoms with E-state index in [2.05, 4.69) is 10.6 Å². The zero-order valence-corrected chi connectivity index (χ0v) is 19.2. The molecule has 0 aliphatic carbocycles. The smallest absolute Gasteiger partial charge is 0.253 e. The maximum Gasteiger partial charge on any atom is 0.253 e. The molecular formula is C24H29N3O5S. The van der Waals surface area contributed by atoms with Crippen LogP contribution in [0.1, 0.15) is 36.0 Å². The van der Waals surface area contributed by atoms with E-state index in [0.29, 0.717) is 43.8 Å². The normalized spacial score (nSPS) is 21.5. The molecule has 2 heterocycles. The minimum Gasteiger partial charge on any atom is -0.376 e. The van der Waals surface area contributed by atoms with E-state index < -0.39 is 15.9 Å². The van der Waals surface area contributed by atoms with Crippen LogP contribution in [0.2, 0.25) is 0 Å². The van der Waals surface area contributed by atoms with Crippen LogP contribution in [0.4, 0.5) is 5.69 Å². The number of nitrogens with zero attached hydrogens (tertiary/aromatic N) is 1. The van der Waals surface area contributed by atoms with Crippen LogP contribution < -0.4 is 10.6 Å². The average Bonchev–Trinajstić information content (AvgIpc) is 3.37. The zero-order valence-electron chi connectivity index (χ0n) is 18.4. The Labute approximate surface area is 194 Å². The van der Waals surface area contributed by atoms with Gasteiger partial charge < -0.3 is 15.4 Å². The van der Waals surface area contributed by atoms with Gasteiger partial charge in [0.25, 0.3) is 5.91 Å². The number of para-hydroxylation sites is 1. The summed E-state index contributed by atoms with van der Waals surface area (Å²) in [6.45, 7) is 1.63. The number of amides is 2. The quantitative estimate of drug-likeness (QED) is 0.646. The van der Waals surface area contributed by atoms with Gasteiger partial charge in [-0.15, -0.1) is 0 Å². The van der Waals surface area contributed by atoms with E-state index in [0.717, 1.165) is 12.8 Å². The van der Waals surface area contributed by atoms with Crippen LogP contribution in [-0.4, -0.2) is 56.9 Å². The van der Waals surface area contributed by atoms with E-state index in [-0.39, 0.29) is 29.4 Å². The summed E-state index contributed by atoms with van der Waals surface area (Å²) in [5.74, 6) is -1.07. The lowest BCUT2D eigenvalue weighted by Crippen LogP contribution is -2.43. The Morgan fingerprint density at radius 1 is 1.00 bits per heavy atom. The van der Waals surface area contributed by atoms with Gasteiger partial charge in [-0.05, 0) is 49.9 Å². The molecule has 8 nitrogen and oxygen atoms in total. The van der Waals surface area contributed by atoms with Crippen LogP contribution >= 0.6 is 0 Å². The first kappa shape index (κ1) is 23.4. The van der Waals surface area contributed by atoms with Crippen LogP contribution in [0.3, 0.4) is 0 Å². The Morgan fingerprint density at radius 3 is 2.52 bits per heavy atom. The van der Waals surface area contributed by atoms with Crippen LogP contribution in [0.15, 0.2) is 59.5 Å². The van der Waals surface area contributed by atoms with Crippen molar-refractivity contribution < 1.29 is 22.7 Å². The third kappa shape index (κ3) is 5.61. The molecular weight excluding hydrogens is 442 g/mol. The number of anilines is 1. The molecule has 0 saturated carbocycles. The van der Waals surface area contributed by atoms with E-state index in [4.69, 9.17) is 4.74 Å². The van der Waals surface area contributed by atoms with Crippen molar-refractivity contribution >= 4 is 27.5 Å². The monoisotopic (exact) mass is 471 g/mol. The van der Waals surface area contributed by atoms with E-state index in [9.17, 15) is 18.0 Å². The number of benzene rings is 2. The average molecular weight is 472 g/mol. The van der Waals surface area contributed by atoms with Gasteiger partial charge >= 0.3 is 0 Å². The Balaban J connectivity index is 1.41. The van der Waals surface area contributed by atoms with Gasteiger partial charge in [0.1, 0.15) is 0 Å². The van der Waals surface area contributed by atoms with Gasteiger partial charge in [0.15, 0.2) is 0 Å². The number of piperidine rings is 1. The van der Waals surface area contributed by atoms with Crippen molar-refractivity contribution in [3.05, 3.63) is 60.2 Å². The predicted molar refractivity (Wildman–Crippen MR) is 124 cm³/mol. The van der Waals surface area contributed by atoms with E-state index >= 15 is 0 Å². The first-order chi connectivity index (χ1) is 15.9. The largest absolute Gasteiger partial charge is 0.376 e. The standard InChI is InChI=1S/C24H29N3O5S/c28-23(18-8-6-14-27(17-18)33(30,31)20-10-2-1-3-11-20)26-22-13-5-4-12-21(22)24(29)25-16-19-9-7-15-32-19/h1-5,10-13,18-19H,6-9,14-17H2,(H,25,29)(H,26,28)/t18-,19+/m1/s1. The van der Waals surface area contributed by atoms with Gasteiger partial charge in [0.2, 0.25) is 15.9 Å². The van der Waals surface area contributed by atoms with Gasteiger partial charge in [0, 0.05) is 26.2 Å². The second-order valence-electron chi connectivity index (χ2n) is 8.40. The van der Waals surface area contributed by atoms with Gasteiger partial charge in [0.05, 0.1) is 28.2 Å². The number of carbonyl (C=O) groups is 2. The second-order valence-corrected chi connectivity index (χ2v) is 10.3. The fourth-order valence-electron chi connectivity index (χ4n) is 4.25. The summed E-state index contributed by atoms with van der Waals surface area (Å²) in [5, 5.41) is 5.72. The van der Waals surface area contributed by atoms with E-state index in [1.165, 1.54) is 4.31 Å². The van der Waals surface area contributed by atoms with Crippen LogP contribution in [0.25, 0.3) is 0 Å². The lowest BCUT2D eigenvalue weighted by atomic mass is 9.98. The SMILES string of the molecule is O=C(NC[C@@H]1CCCO1)c1ccccc1NC(=O)[C@@H]1CCCN(S(=O)(=O)c2ccccc2)C1. The Morgan fingerprint density at radius 2 is 1.76 bits per heavy atom. The second kappa shape index (κ2) is 10.5. The molecule has 2 N–H and O–H groups in total. The van der Waals surface area contributed by atoms with Crippen molar-refractivity contribution in [3.63, 3.8) is 0 Å². The molecule has 4 rings (SSSR count). The summed E-state index contributed by atoms with van der Waals surface area (Å²) >= 11 is 0. The molecule has 0 bridgehead atoms. The third-order valence-electron chi connectivity index (χ3n) is 6.08. The van der Waals surface area contributed by atoms with Gasteiger partial charge in [-0.25, -0.2) is 8.42 Å². The molecule has 2 atom stereocenters. The molecule has 0 spiro atoms. The number of hydrogen-bond donors (Lipinski definition) is 2. The first-order valence-corrected chi connectivity index (χ1v) is 12.7. The highest BCUT2D eigenvalue weighted by molar-refractivity contribution is 7.89. The molecule has 9 heteroatoms. The van der Waals surface area contributed by atoms with E-state index in [1.807, 2.05) is 0 Å². The number of ether oxygens (including phenoxy) is 1. The van der Waals surface area contributed by atoms with Crippen molar-refractivity contribution in [2.75, 3.05) is 31.6 Å². The van der Waals surface area contributed by atoms with Gasteiger partial charge in [-0.1, -0.05) is 30.3 Å². The maximum atomic E-state index is 13.0. The van der Waals surface area contributed by atoms with Crippen LogP contribution in [0.5, 0.6) is 0 Å². The molecule has 2 aromatic carbocycles. The van der Waals surface area contributed by atoms with Crippen molar-refractivity contribution in [2.45, 2.75) is 36.7 Å². The summed E-state index contributed by atoms with van der Waals surface area (Å²) in [6.07, 6.45) is 3.11. The Kier molecular flexibility index (Phi) is 7.42. The molecule has 2 saturated heterocycles. The van der Waals surface area contributed by atoms with Crippen molar-refractivity contribution in [1.82, 2.24) is 9.62 Å². The van der Waals surface area contributed by atoms with Crippen molar-refractivity contribution in [3.8, 4) is 0 Å². The molecule has 2 fully saturated rings. The predicted octanol–water partition coefficient (Wildman–Crippen LogP) is 2.63. The highest BCUT2D eigenvalue weighted by atomic mass is 32.2. The lowest BCUT2D eigenvalue weighted by Gasteiger charge is -2.31. The molecule has 2 aliphatic heterocycles. The van der Waals surface area contributed by atoms with Gasteiger partial charge in [-0.3, -0.25) is 9.59 Å². The number of sulfonamides is 1. The molecule has 2 amide bonds. The fraction of sp³-hybridized carbons (Fsp3) is 0.417. The van der Waals surface area contributed by atoms with Crippen molar-refractivity contribution in [1.29, 1.82) is 0 Å². The molecule has 33 heavy (non-hydrogen) atoms. The molecule has 0 aromatic heterocycles. The van der Waals surface area contributed by atoms with Gasteiger partial charge in [-0.2, -0.15) is 4.31 Å². The molecule has 0 radical (unpaired) electrons. The lowest BCUT2D eigenvalue weighted by molar-refractivity contribution is -0.120. The Hall–Kier alpha value is -2.75. The first-order valence-electron chi connectivity index (χ1n) is 11.3. The fourth-order valence-corrected chi connectivity index (χ4v) is 5.79. The van der Waals surface area contributed by atoms with Crippen LogP contribution in [0, 0.1) is 5.92 Å². The van der Waals surface area contributed by atoms with Crippen LogP contribution in [-0.2, 0) is 19.6 Å². The summed E-state index contributed by atoms with van der Waals surface area (Å²) in [5.41, 5.74) is 0.781. The topological polar surface area (TPSA) is 105 Å². The summed E-state index contributed by atoms with van der Waals surface area (Å²) < 4.78 is 32.9. The molecule has 0 unspecified atom stereocenters. The number of rotatable bonds is 7. The minimum absolute atomic E-state index is 0.0236. The summed E-state index contributed by atoms with van der Waals surface area (Å²) in [7, 11) is -3.66. The summed E-state index contributed by atoms with van der Waals surface area (Å²) in [6, 6.07) is 15.1. The molecule has 176 valence electrons. The highest BCUT2D eigenvalue weighted by Crippen LogP contribution is 2.25. The van der Waals surface area contributed by atoms with E-state index in [1.54, 1.807) is 54.6 Å². The summed E-state index contributed by atoms with van der Waals surface area (Å²) in [4.78, 5) is 26.0. The zero-order chi connectivity index (χ0) is 23.3. The molecule has 2 aliphatic rings. The molecule has 2 aromatic rings. The number of nitrogens with one attached hydrogen (secondary N) is 2. The minimum atomic E-state index is -3.66. The maximum absolute atomic E-state index is 13.0. The van der Waals surface area contributed by atoms with Crippen molar-refractivity contribution in [2.24, 2.45) is 5.92 Å².